The molecule has 5 atom stereocenters. The molecule has 2 aromatic rings. The van der Waals surface area contributed by atoms with Gasteiger partial charge in [0, 0.05) is 6.42 Å². The van der Waals surface area contributed by atoms with E-state index in [2.05, 4.69) is 33.3 Å². The van der Waals surface area contributed by atoms with Gasteiger partial charge in [-0.05, 0) is 0 Å². The molecule has 0 aromatic carbocycles. The number of rotatable bonds is 8. The van der Waals surface area contributed by atoms with Gasteiger partial charge in [0.2, 0.25) is 0 Å². The highest BCUT2D eigenvalue weighted by Gasteiger charge is 2.43. The average Bonchev–Trinajstić information content (AvgIpc) is 3.14. The molecule has 3 rings (SSSR count). The van der Waals surface area contributed by atoms with Crippen LogP contribution in [-0.4, -0.2) is 63.7 Å². The van der Waals surface area contributed by atoms with Crippen molar-refractivity contribution in [3.8, 4) is 0 Å². The lowest BCUT2D eigenvalue weighted by Crippen LogP contribution is -2.26. The van der Waals surface area contributed by atoms with Crippen molar-refractivity contribution < 1.29 is 56.3 Å². The van der Waals surface area contributed by atoms with Crippen LogP contribution in [0, 0.1) is 0 Å². The van der Waals surface area contributed by atoms with E-state index in [1.54, 1.807) is 0 Å². The summed E-state index contributed by atoms with van der Waals surface area (Å²) in [4.78, 5) is 43.4. The molecule has 1 fully saturated rings. The molecule has 2 unspecified atom stereocenters. The van der Waals surface area contributed by atoms with Crippen molar-refractivity contribution in [3.63, 3.8) is 0 Å². The predicted molar refractivity (Wildman–Crippen MR) is 94.2 cm³/mol. The van der Waals surface area contributed by atoms with Crippen LogP contribution in [-0.2, 0) is 31.6 Å². The highest BCUT2D eigenvalue weighted by Crippen LogP contribution is 2.66. The highest BCUT2D eigenvalue weighted by atomic mass is 31.3. The van der Waals surface area contributed by atoms with E-state index in [-0.39, 0.29) is 17.8 Å². The molecule has 0 bridgehead atoms. The van der Waals surface area contributed by atoms with Gasteiger partial charge in [0.1, 0.15) is 24.1 Å². The van der Waals surface area contributed by atoms with Crippen molar-refractivity contribution in [3.05, 3.63) is 12.0 Å². The van der Waals surface area contributed by atoms with Gasteiger partial charge in [0.15, 0.2) is 11.3 Å². The first-order chi connectivity index (χ1) is 13.8. The number of nitrogens with zero attached hydrogens (tertiary/aromatic N) is 3. The van der Waals surface area contributed by atoms with E-state index in [0.29, 0.717) is 11.2 Å². The number of ether oxygens (including phenoxy) is 1. The van der Waals surface area contributed by atoms with E-state index in [1.807, 2.05) is 0 Å². The number of aliphatic hydroxyl groups excluding tert-OH is 1. The number of aromatic amines is 1. The second kappa shape index (κ2) is 8.31. The maximum absolute atomic E-state index is 11.8. The Balaban J connectivity index is 1.64. The minimum absolute atomic E-state index is 0.00558. The predicted octanol–water partition coefficient (Wildman–Crippen LogP) is -0.531. The van der Waals surface area contributed by atoms with Gasteiger partial charge in [-0.3, -0.25) is 9.62 Å². The Morgan fingerprint density at radius 1 is 1.13 bits per heavy atom. The third kappa shape index (κ3) is 5.68. The summed E-state index contributed by atoms with van der Waals surface area (Å²) in [5.41, 5.74) is 6.67. The summed E-state index contributed by atoms with van der Waals surface area (Å²) in [5.74, 6) is 0.116. The maximum Gasteiger partial charge on any atom is 0.490 e. The van der Waals surface area contributed by atoms with Crippen molar-refractivity contribution >= 4 is 40.3 Å². The molecule has 1 saturated heterocycles. The zero-order valence-corrected chi connectivity index (χ0v) is 17.3. The summed E-state index contributed by atoms with van der Waals surface area (Å²) in [7, 11) is -16.5. The summed E-state index contributed by atoms with van der Waals surface area (Å²) >= 11 is 0. The molecule has 0 amide bonds. The van der Waals surface area contributed by atoms with Gasteiger partial charge in [-0.25, -0.2) is 23.7 Å². The molecule has 2 aromatic heterocycles. The highest BCUT2D eigenvalue weighted by molar-refractivity contribution is 7.66. The zero-order chi connectivity index (χ0) is 22.3. The van der Waals surface area contributed by atoms with Crippen molar-refractivity contribution in [2.75, 3.05) is 12.3 Å². The van der Waals surface area contributed by atoms with E-state index >= 15 is 0 Å². The van der Waals surface area contributed by atoms with Gasteiger partial charge in [-0.15, -0.1) is 0 Å². The standard InChI is InChI=1S/C10H16N5O12P3/c11-10-9-8(12-3-13-10)7(14-15-9)5-1-4(16)6(25-5)2-24-29(20,21)27-30(22,23)26-28(17,18)19/h3-6,16H,1-2H2,(H,14,15)(H,20,21)(H,22,23)(H2,11,12,13)(H2,17,18,19)/t4-,5+,6+/m1/s1. The van der Waals surface area contributed by atoms with Crippen molar-refractivity contribution in [1.82, 2.24) is 20.2 Å². The van der Waals surface area contributed by atoms with Crippen LogP contribution < -0.4 is 5.73 Å². The molecule has 1 aliphatic heterocycles. The quantitative estimate of drug-likeness (QED) is 0.229. The summed E-state index contributed by atoms with van der Waals surface area (Å²) in [5, 5.41) is 16.7. The Kier molecular flexibility index (Phi) is 6.47. The fraction of sp³-hybridized carbons (Fsp3) is 0.500. The number of nitrogens with one attached hydrogen (secondary N) is 1. The summed E-state index contributed by atoms with van der Waals surface area (Å²) < 4.78 is 50.9. The van der Waals surface area contributed by atoms with Crippen molar-refractivity contribution in [2.45, 2.75) is 24.7 Å². The molecule has 8 N–H and O–H groups in total. The largest absolute Gasteiger partial charge is 0.490 e. The number of aromatic nitrogens is 4. The third-order valence-electron chi connectivity index (χ3n) is 3.76. The zero-order valence-electron chi connectivity index (χ0n) is 14.6. The molecular formula is C10H16N5O12P3. The van der Waals surface area contributed by atoms with Crippen LogP contribution in [0.5, 0.6) is 0 Å². The molecule has 0 radical (unpaired) electrons. The smallest absolute Gasteiger partial charge is 0.390 e. The average molecular weight is 491 g/mol. The number of hydrogen-bond donors (Lipinski definition) is 7. The lowest BCUT2D eigenvalue weighted by Gasteiger charge is -2.19. The second-order valence-electron chi connectivity index (χ2n) is 5.95. The Morgan fingerprint density at radius 2 is 1.83 bits per heavy atom. The van der Waals surface area contributed by atoms with Crippen molar-refractivity contribution in [2.24, 2.45) is 0 Å². The molecule has 0 saturated carbocycles. The van der Waals surface area contributed by atoms with Crippen LogP contribution in [0.25, 0.3) is 11.0 Å². The number of phosphoric ester groups is 1. The van der Waals surface area contributed by atoms with Crippen LogP contribution in [0.15, 0.2) is 6.33 Å². The number of H-pyrrole nitrogens is 1. The Hall–Kier alpha value is -1.32. The lowest BCUT2D eigenvalue weighted by molar-refractivity contribution is -0.0227. The van der Waals surface area contributed by atoms with Crippen LogP contribution in [0.4, 0.5) is 5.82 Å². The number of anilines is 1. The molecule has 30 heavy (non-hydrogen) atoms. The van der Waals surface area contributed by atoms with Gasteiger partial charge in [0.05, 0.1) is 18.4 Å². The first-order valence-corrected chi connectivity index (χ1v) is 12.3. The van der Waals surface area contributed by atoms with E-state index in [9.17, 15) is 23.7 Å². The molecular weight excluding hydrogens is 475 g/mol. The summed E-state index contributed by atoms with van der Waals surface area (Å²) in [6.07, 6.45) is -1.95. The number of fused-ring (bicyclic) bond motifs is 1. The number of nitrogen functional groups attached to an aromatic ring is 1. The molecule has 20 heteroatoms. The maximum atomic E-state index is 11.8. The molecule has 17 nitrogen and oxygen atoms in total. The Labute approximate surface area is 166 Å². The van der Waals surface area contributed by atoms with Crippen LogP contribution in [0.3, 0.4) is 0 Å². The third-order valence-corrected chi connectivity index (χ3v) is 7.56. The first kappa shape index (κ1) is 23.3. The van der Waals surface area contributed by atoms with E-state index < -0.39 is 48.4 Å². The van der Waals surface area contributed by atoms with Gasteiger partial charge in [-0.1, -0.05) is 0 Å². The van der Waals surface area contributed by atoms with Gasteiger partial charge < -0.3 is 35.2 Å². The number of nitrogens with two attached hydrogens (primary N) is 1. The summed E-state index contributed by atoms with van der Waals surface area (Å²) in [6, 6.07) is 0. The second-order valence-corrected chi connectivity index (χ2v) is 10.4. The Bertz CT molecular complexity index is 1070. The monoisotopic (exact) mass is 491 g/mol. The number of phosphoric acid groups is 3. The molecule has 0 spiro atoms. The van der Waals surface area contributed by atoms with Gasteiger partial charge in [-0.2, -0.15) is 13.7 Å². The number of aliphatic hydroxyl groups is 1. The normalized spacial score (nSPS) is 26.5. The van der Waals surface area contributed by atoms with Gasteiger partial charge in [0.25, 0.3) is 0 Å². The Morgan fingerprint density at radius 3 is 2.50 bits per heavy atom. The fourth-order valence-corrected chi connectivity index (χ4v) is 5.66. The lowest BCUT2D eigenvalue weighted by atomic mass is 10.1. The van der Waals surface area contributed by atoms with Crippen molar-refractivity contribution in [1.29, 1.82) is 0 Å². The minimum atomic E-state index is -5.64. The topological polar surface area (TPSA) is 270 Å². The molecule has 168 valence electrons. The van der Waals surface area contributed by atoms with Crippen LogP contribution in [0.1, 0.15) is 18.2 Å². The van der Waals surface area contributed by atoms with Gasteiger partial charge >= 0.3 is 23.5 Å². The number of hydrogen-bond acceptors (Lipinski definition) is 12. The van der Waals surface area contributed by atoms with Crippen LogP contribution in [0.2, 0.25) is 0 Å². The molecule has 0 aliphatic carbocycles. The summed E-state index contributed by atoms with van der Waals surface area (Å²) in [6.45, 7) is -0.787. The van der Waals surface area contributed by atoms with E-state index in [0.717, 1.165) is 0 Å². The minimum Gasteiger partial charge on any atom is -0.390 e. The molecule has 3 heterocycles. The van der Waals surface area contributed by atoms with Crippen LogP contribution >= 0.6 is 23.5 Å². The fourth-order valence-electron chi connectivity index (χ4n) is 2.63. The first-order valence-electron chi connectivity index (χ1n) is 7.83. The van der Waals surface area contributed by atoms with E-state index in [1.165, 1.54) is 6.33 Å². The van der Waals surface area contributed by atoms with E-state index in [4.69, 9.17) is 25.2 Å². The molecule has 1 aliphatic rings. The SMILES string of the molecule is Nc1ncnc2c([C@@H]3C[C@@H](O)[C@H](COP(=O)(O)OP(=O)(O)OP(=O)(O)O)O3)[nH]nc12.